The number of rotatable bonds is 7. The standard InChI is InChI=1S/C18H29NO/c1-3-11-19-13-16-7-9-17(10-8-16)14-20-18-6-4-5-15(2)12-18/h7-10,15,18-19H,3-6,11-14H2,1-2H3. The van der Waals surface area contributed by atoms with Crippen molar-refractivity contribution in [2.24, 2.45) is 5.92 Å². The van der Waals surface area contributed by atoms with E-state index in [1.54, 1.807) is 0 Å². The number of ether oxygens (including phenoxy) is 1. The van der Waals surface area contributed by atoms with Crippen LogP contribution in [0.3, 0.4) is 0 Å². The van der Waals surface area contributed by atoms with Crippen molar-refractivity contribution >= 4 is 0 Å². The molecule has 0 aromatic heterocycles. The minimum atomic E-state index is 0.477. The fourth-order valence-electron chi connectivity index (χ4n) is 2.91. The lowest BCUT2D eigenvalue weighted by atomic mass is 9.89. The quantitative estimate of drug-likeness (QED) is 0.750. The zero-order chi connectivity index (χ0) is 14.2. The van der Waals surface area contributed by atoms with E-state index in [0.717, 1.165) is 25.6 Å². The first-order valence-corrected chi connectivity index (χ1v) is 8.18. The lowest BCUT2D eigenvalue weighted by molar-refractivity contribution is 0.00466. The molecular weight excluding hydrogens is 246 g/mol. The number of hydrogen-bond acceptors (Lipinski definition) is 2. The van der Waals surface area contributed by atoms with Gasteiger partial charge in [-0.15, -0.1) is 0 Å². The van der Waals surface area contributed by atoms with Crippen LogP contribution in [0.15, 0.2) is 24.3 Å². The van der Waals surface area contributed by atoms with E-state index < -0.39 is 0 Å². The van der Waals surface area contributed by atoms with E-state index in [0.29, 0.717) is 6.10 Å². The second-order valence-corrected chi connectivity index (χ2v) is 6.20. The van der Waals surface area contributed by atoms with Crippen LogP contribution in [0.25, 0.3) is 0 Å². The van der Waals surface area contributed by atoms with Gasteiger partial charge in [0, 0.05) is 6.54 Å². The topological polar surface area (TPSA) is 21.3 Å². The van der Waals surface area contributed by atoms with E-state index in [2.05, 4.69) is 43.4 Å². The van der Waals surface area contributed by atoms with Crippen LogP contribution in [0.2, 0.25) is 0 Å². The molecule has 1 aliphatic carbocycles. The molecule has 2 rings (SSSR count). The van der Waals surface area contributed by atoms with E-state index in [1.807, 2.05) is 0 Å². The third kappa shape index (κ3) is 5.26. The lowest BCUT2D eigenvalue weighted by Crippen LogP contribution is -2.21. The van der Waals surface area contributed by atoms with Crippen molar-refractivity contribution in [2.45, 2.75) is 65.2 Å². The Balaban J connectivity index is 1.73. The fourth-order valence-corrected chi connectivity index (χ4v) is 2.91. The smallest absolute Gasteiger partial charge is 0.0720 e. The van der Waals surface area contributed by atoms with Crippen molar-refractivity contribution < 1.29 is 4.74 Å². The summed E-state index contributed by atoms with van der Waals surface area (Å²) in [5.74, 6) is 0.834. The molecule has 1 N–H and O–H groups in total. The molecule has 2 heteroatoms. The van der Waals surface area contributed by atoms with Crippen molar-refractivity contribution in [3.05, 3.63) is 35.4 Å². The average Bonchev–Trinajstić information content (AvgIpc) is 2.47. The summed E-state index contributed by atoms with van der Waals surface area (Å²) in [5.41, 5.74) is 2.65. The monoisotopic (exact) mass is 275 g/mol. The third-order valence-corrected chi connectivity index (χ3v) is 4.15. The zero-order valence-electron chi connectivity index (χ0n) is 13.0. The van der Waals surface area contributed by atoms with Gasteiger partial charge in [0.1, 0.15) is 0 Å². The molecule has 1 aromatic carbocycles. The first-order valence-electron chi connectivity index (χ1n) is 8.18. The maximum absolute atomic E-state index is 6.06. The lowest BCUT2D eigenvalue weighted by Gasteiger charge is -2.26. The van der Waals surface area contributed by atoms with Gasteiger partial charge in [0.2, 0.25) is 0 Å². The molecule has 2 nitrogen and oxygen atoms in total. The Kier molecular flexibility index (Phi) is 6.55. The predicted molar refractivity (Wildman–Crippen MR) is 84.6 cm³/mol. The molecule has 1 fully saturated rings. The largest absolute Gasteiger partial charge is 0.374 e. The molecule has 0 saturated heterocycles. The maximum Gasteiger partial charge on any atom is 0.0720 e. The summed E-state index contributed by atoms with van der Waals surface area (Å²) in [6.45, 7) is 7.35. The van der Waals surface area contributed by atoms with Crippen molar-refractivity contribution in [3.63, 3.8) is 0 Å². The molecule has 0 aliphatic heterocycles. The van der Waals surface area contributed by atoms with Gasteiger partial charge in [-0.25, -0.2) is 0 Å². The molecule has 2 atom stereocenters. The van der Waals surface area contributed by atoms with Gasteiger partial charge in [-0.1, -0.05) is 51.0 Å². The van der Waals surface area contributed by atoms with Crippen molar-refractivity contribution in [3.8, 4) is 0 Å². The SMILES string of the molecule is CCCNCc1ccc(COC2CCCC(C)C2)cc1. The highest BCUT2D eigenvalue weighted by molar-refractivity contribution is 5.21. The van der Waals surface area contributed by atoms with E-state index in [9.17, 15) is 0 Å². The van der Waals surface area contributed by atoms with E-state index >= 15 is 0 Å². The summed E-state index contributed by atoms with van der Waals surface area (Å²) in [6.07, 6.45) is 6.84. The van der Waals surface area contributed by atoms with Crippen LogP contribution in [0.5, 0.6) is 0 Å². The van der Waals surface area contributed by atoms with Crippen LogP contribution >= 0.6 is 0 Å². The molecule has 0 heterocycles. The zero-order valence-corrected chi connectivity index (χ0v) is 13.0. The minimum absolute atomic E-state index is 0.477. The van der Waals surface area contributed by atoms with Crippen LogP contribution in [0.1, 0.15) is 57.1 Å². The van der Waals surface area contributed by atoms with Crippen LogP contribution < -0.4 is 5.32 Å². The van der Waals surface area contributed by atoms with E-state index in [1.165, 1.54) is 43.2 Å². The fraction of sp³-hybridized carbons (Fsp3) is 0.667. The Labute approximate surface area is 123 Å². The summed E-state index contributed by atoms with van der Waals surface area (Å²) in [6, 6.07) is 8.83. The summed E-state index contributed by atoms with van der Waals surface area (Å²) < 4.78 is 6.06. The molecule has 0 radical (unpaired) electrons. The molecular formula is C18H29NO. The summed E-state index contributed by atoms with van der Waals surface area (Å²) in [4.78, 5) is 0. The molecule has 1 saturated carbocycles. The Hall–Kier alpha value is -0.860. The molecule has 0 amide bonds. The summed E-state index contributed by atoms with van der Waals surface area (Å²) in [7, 11) is 0. The third-order valence-electron chi connectivity index (χ3n) is 4.15. The van der Waals surface area contributed by atoms with Crippen LogP contribution in [0, 0.1) is 5.92 Å². The molecule has 2 unspecified atom stereocenters. The Morgan fingerprint density at radius 1 is 1.15 bits per heavy atom. The Morgan fingerprint density at radius 3 is 2.60 bits per heavy atom. The molecule has 112 valence electrons. The van der Waals surface area contributed by atoms with Gasteiger partial charge < -0.3 is 10.1 Å². The highest BCUT2D eigenvalue weighted by Gasteiger charge is 2.19. The number of benzene rings is 1. The molecule has 1 aromatic rings. The first kappa shape index (κ1) is 15.5. The number of hydrogen-bond donors (Lipinski definition) is 1. The van der Waals surface area contributed by atoms with Gasteiger partial charge in [-0.05, 0) is 42.9 Å². The van der Waals surface area contributed by atoms with E-state index in [4.69, 9.17) is 4.74 Å². The second kappa shape index (κ2) is 8.43. The van der Waals surface area contributed by atoms with Gasteiger partial charge in [0.15, 0.2) is 0 Å². The minimum Gasteiger partial charge on any atom is -0.374 e. The summed E-state index contributed by atoms with van der Waals surface area (Å²) in [5, 5.41) is 3.43. The average molecular weight is 275 g/mol. The van der Waals surface area contributed by atoms with Gasteiger partial charge >= 0.3 is 0 Å². The van der Waals surface area contributed by atoms with Crippen molar-refractivity contribution in [1.82, 2.24) is 5.32 Å². The summed E-state index contributed by atoms with van der Waals surface area (Å²) >= 11 is 0. The maximum atomic E-state index is 6.06. The molecule has 20 heavy (non-hydrogen) atoms. The highest BCUT2D eigenvalue weighted by atomic mass is 16.5. The van der Waals surface area contributed by atoms with E-state index in [-0.39, 0.29) is 0 Å². The molecule has 0 spiro atoms. The first-order chi connectivity index (χ1) is 9.78. The Morgan fingerprint density at radius 2 is 1.90 bits per heavy atom. The second-order valence-electron chi connectivity index (χ2n) is 6.20. The van der Waals surface area contributed by atoms with Crippen LogP contribution in [-0.2, 0) is 17.9 Å². The Bertz CT molecular complexity index is 374. The van der Waals surface area contributed by atoms with Crippen molar-refractivity contribution in [1.29, 1.82) is 0 Å². The van der Waals surface area contributed by atoms with Gasteiger partial charge in [0.05, 0.1) is 12.7 Å². The number of nitrogens with one attached hydrogen (secondary N) is 1. The van der Waals surface area contributed by atoms with Crippen molar-refractivity contribution in [2.75, 3.05) is 6.54 Å². The highest BCUT2D eigenvalue weighted by Crippen LogP contribution is 2.26. The van der Waals surface area contributed by atoms with Crippen LogP contribution in [0.4, 0.5) is 0 Å². The molecule has 1 aliphatic rings. The molecule has 0 bridgehead atoms. The predicted octanol–water partition coefficient (Wildman–Crippen LogP) is 4.28. The van der Waals surface area contributed by atoms with Crippen LogP contribution in [-0.4, -0.2) is 12.6 Å². The van der Waals surface area contributed by atoms with Gasteiger partial charge in [0.25, 0.3) is 0 Å². The normalized spacial score (nSPS) is 22.9. The van der Waals surface area contributed by atoms with Gasteiger partial charge in [-0.2, -0.15) is 0 Å². The van der Waals surface area contributed by atoms with Gasteiger partial charge in [-0.3, -0.25) is 0 Å².